The van der Waals surface area contributed by atoms with Crippen LogP contribution < -0.4 is 0 Å². The molecule has 6 heteroatoms. The van der Waals surface area contributed by atoms with Gasteiger partial charge in [-0.2, -0.15) is 5.10 Å². The van der Waals surface area contributed by atoms with E-state index >= 15 is 0 Å². The van der Waals surface area contributed by atoms with Crippen LogP contribution in [-0.2, 0) is 0 Å². The van der Waals surface area contributed by atoms with Crippen molar-refractivity contribution in [3.05, 3.63) is 40.8 Å². The Morgan fingerprint density at radius 1 is 1.56 bits per heavy atom. The molecule has 0 radical (unpaired) electrons. The van der Waals surface area contributed by atoms with E-state index in [0.29, 0.717) is 5.82 Å². The van der Waals surface area contributed by atoms with Crippen LogP contribution >= 0.6 is 11.6 Å². The molecular formula is C10H8ClN3O2. The highest BCUT2D eigenvalue weighted by atomic mass is 35.5. The van der Waals surface area contributed by atoms with Crippen LogP contribution in [-0.4, -0.2) is 25.8 Å². The van der Waals surface area contributed by atoms with Crippen molar-refractivity contribution in [1.29, 1.82) is 0 Å². The number of carbonyl (C=O) groups is 1. The zero-order valence-corrected chi connectivity index (χ0v) is 9.14. The summed E-state index contributed by atoms with van der Waals surface area (Å²) >= 11 is 5.93. The molecule has 2 rings (SSSR count). The van der Waals surface area contributed by atoms with Gasteiger partial charge >= 0.3 is 5.97 Å². The molecule has 0 spiro atoms. The molecule has 0 amide bonds. The first-order chi connectivity index (χ1) is 7.58. The summed E-state index contributed by atoms with van der Waals surface area (Å²) in [5.41, 5.74) is 0.887. The van der Waals surface area contributed by atoms with Gasteiger partial charge in [-0.15, -0.1) is 0 Å². The first-order valence-electron chi connectivity index (χ1n) is 4.49. The molecule has 0 unspecified atom stereocenters. The molecule has 2 heterocycles. The van der Waals surface area contributed by atoms with Crippen molar-refractivity contribution in [2.45, 2.75) is 6.92 Å². The summed E-state index contributed by atoms with van der Waals surface area (Å²) in [6.07, 6.45) is 2.96. The number of pyridine rings is 1. The van der Waals surface area contributed by atoms with E-state index in [4.69, 9.17) is 16.7 Å². The van der Waals surface area contributed by atoms with Crippen molar-refractivity contribution in [3.63, 3.8) is 0 Å². The van der Waals surface area contributed by atoms with Gasteiger partial charge in [0.15, 0.2) is 5.82 Å². The van der Waals surface area contributed by atoms with Gasteiger partial charge in [-0.3, -0.25) is 0 Å². The van der Waals surface area contributed by atoms with E-state index in [1.165, 1.54) is 16.9 Å². The minimum atomic E-state index is -1.06. The number of aromatic nitrogens is 3. The fourth-order valence-electron chi connectivity index (χ4n) is 1.25. The number of aromatic carboxylic acids is 1. The molecule has 0 saturated heterocycles. The Labute approximate surface area is 96.3 Å². The Balaban J connectivity index is 2.47. The number of rotatable bonds is 2. The topological polar surface area (TPSA) is 68.0 Å². The van der Waals surface area contributed by atoms with Crippen LogP contribution in [0.2, 0.25) is 5.02 Å². The summed E-state index contributed by atoms with van der Waals surface area (Å²) in [4.78, 5) is 14.7. The van der Waals surface area contributed by atoms with Crippen LogP contribution in [0.1, 0.15) is 16.1 Å². The molecule has 0 bridgehead atoms. The maximum absolute atomic E-state index is 10.7. The van der Waals surface area contributed by atoms with E-state index in [9.17, 15) is 4.79 Å². The number of halogens is 1. The second-order valence-electron chi connectivity index (χ2n) is 3.24. The van der Waals surface area contributed by atoms with Crippen molar-refractivity contribution in [3.8, 4) is 5.82 Å². The van der Waals surface area contributed by atoms with Gasteiger partial charge in [0.2, 0.25) is 0 Å². The summed E-state index contributed by atoms with van der Waals surface area (Å²) < 4.78 is 1.50. The number of carboxylic acids is 1. The molecule has 0 fully saturated rings. The third kappa shape index (κ3) is 1.90. The van der Waals surface area contributed by atoms with Crippen LogP contribution in [0.15, 0.2) is 24.5 Å². The molecular weight excluding hydrogens is 230 g/mol. The van der Waals surface area contributed by atoms with Crippen molar-refractivity contribution < 1.29 is 9.90 Å². The number of nitrogens with zero attached hydrogens (tertiary/aromatic N) is 3. The SMILES string of the molecule is Cc1ccn(-c2ncc(C(=O)O)cc2Cl)n1. The van der Waals surface area contributed by atoms with Crippen molar-refractivity contribution in [2.75, 3.05) is 0 Å². The van der Waals surface area contributed by atoms with E-state index in [1.54, 1.807) is 6.20 Å². The molecule has 16 heavy (non-hydrogen) atoms. The van der Waals surface area contributed by atoms with Crippen LogP contribution in [0.4, 0.5) is 0 Å². The maximum Gasteiger partial charge on any atom is 0.337 e. The molecule has 0 aliphatic carbocycles. The highest BCUT2D eigenvalue weighted by Gasteiger charge is 2.10. The molecule has 0 aromatic carbocycles. The Kier molecular flexibility index (Phi) is 2.62. The van der Waals surface area contributed by atoms with Crippen molar-refractivity contribution >= 4 is 17.6 Å². The lowest BCUT2D eigenvalue weighted by Gasteiger charge is -2.03. The zero-order chi connectivity index (χ0) is 11.7. The standard InChI is InChI=1S/C10H8ClN3O2/c1-6-2-3-14(13-6)9-8(11)4-7(5-12-9)10(15)16/h2-5H,1H3,(H,15,16). The smallest absolute Gasteiger partial charge is 0.337 e. The molecule has 0 atom stereocenters. The highest BCUT2D eigenvalue weighted by Crippen LogP contribution is 2.18. The summed E-state index contributed by atoms with van der Waals surface area (Å²) in [7, 11) is 0. The number of carboxylic acid groups (broad SMARTS) is 1. The van der Waals surface area contributed by atoms with Gasteiger partial charge < -0.3 is 5.11 Å². The predicted molar refractivity (Wildman–Crippen MR) is 58.1 cm³/mol. The zero-order valence-electron chi connectivity index (χ0n) is 8.38. The second-order valence-corrected chi connectivity index (χ2v) is 3.64. The minimum absolute atomic E-state index is 0.0534. The number of aryl methyl sites for hydroxylation is 1. The Bertz CT molecular complexity index is 551. The summed E-state index contributed by atoms with van der Waals surface area (Å²) in [6, 6.07) is 3.16. The van der Waals surface area contributed by atoms with Gasteiger partial charge in [-0.25, -0.2) is 14.5 Å². The van der Waals surface area contributed by atoms with Gasteiger partial charge in [0.05, 0.1) is 16.3 Å². The van der Waals surface area contributed by atoms with E-state index in [-0.39, 0.29) is 10.6 Å². The van der Waals surface area contributed by atoms with E-state index in [0.717, 1.165) is 5.69 Å². The molecule has 0 aliphatic heterocycles. The van der Waals surface area contributed by atoms with E-state index < -0.39 is 5.97 Å². The van der Waals surface area contributed by atoms with Gasteiger partial charge in [-0.1, -0.05) is 11.6 Å². The molecule has 2 aromatic rings. The second kappa shape index (κ2) is 3.94. The Hall–Kier alpha value is -1.88. The van der Waals surface area contributed by atoms with Gasteiger partial charge in [0, 0.05) is 12.4 Å². The van der Waals surface area contributed by atoms with Gasteiger partial charge in [-0.05, 0) is 19.1 Å². The van der Waals surface area contributed by atoms with Gasteiger partial charge in [0.25, 0.3) is 0 Å². The average Bonchev–Trinajstić information content (AvgIpc) is 2.64. The molecule has 1 N–H and O–H groups in total. The third-order valence-electron chi connectivity index (χ3n) is 2.01. The fraction of sp³-hybridized carbons (Fsp3) is 0.100. The molecule has 0 aliphatic rings. The van der Waals surface area contributed by atoms with E-state index in [2.05, 4.69) is 10.1 Å². The van der Waals surface area contributed by atoms with Crippen LogP contribution in [0.25, 0.3) is 5.82 Å². The Morgan fingerprint density at radius 2 is 2.31 bits per heavy atom. The van der Waals surface area contributed by atoms with Gasteiger partial charge in [0.1, 0.15) is 0 Å². The first kappa shape index (κ1) is 10.6. The average molecular weight is 238 g/mol. The lowest BCUT2D eigenvalue weighted by atomic mass is 10.3. The highest BCUT2D eigenvalue weighted by molar-refractivity contribution is 6.32. The molecule has 0 saturated carbocycles. The largest absolute Gasteiger partial charge is 0.478 e. The maximum atomic E-state index is 10.7. The van der Waals surface area contributed by atoms with Crippen molar-refractivity contribution in [1.82, 2.24) is 14.8 Å². The summed E-state index contributed by atoms with van der Waals surface area (Å²) in [6.45, 7) is 1.84. The lowest BCUT2D eigenvalue weighted by Crippen LogP contribution is -2.03. The molecule has 5 nitrogen and oxygen atoms in total. The van der Waals surface area contributed by atoms with Crippen LogP contribution in [0.5, 0.6) is 0 Å². The van der Waals surface area contributed by atoms with Crippen LogP contribution in [0, 0.1) is 6.92 Å². The number of hydrogen-bond acceptors (Lipinski definition) is 3. The van der Waals surface area contributed by atoms with Crippen molar-refractivity contribution in [2.24, 2.45) is 0 Å². The predicted octanol–water partition coefficient (Wildman–Crippen LogP) is 1.93. The quantitative estimate of drug-likeness (QED) is 0.867. The monoisotopic (exact) mass is 237 g/mol. The molecule has 2 aromatic heterocycles. The summed E-state index contributed by atoms with van der Waals surface area (Å²) in [5, 5.41) is 13.1. The lowest BCUT2D eigenvalue weighted by molar-refractivity contribution is 0.0696. The normalized spacial score (nSPS) is 10.4. The summed E-state index contributed by atoms with van der Waals surface area (Å²) in [5.74, 6) is -0.641. The fourth-order valence-corrected chi connectivity index (χ4v) is 1.50. The molecule has 82 valence electrons. The Morgan fingerprint density at radius 3 is 2.81 bits per heavy atom. The van der Waals surface area contributed by atoms with Crippen LogP contribution in [0.3, 0.4) is 0 Å². The third-order valence-corrected chi connectivity index (χ3v) is 2.29. The van der Waals surface area contributed by atoms with E-state index in [1.807, 2.05) is 13.0 Å². The minimum Gasteiger partial charge on any atom is -0.478 e. The first-order valence-corrected chi connectivity index (χ1v) is 4.87. The number of hydrogen-bond donors (Lipinski definition) is 1.